The van der Waals surface area contributed by atoms with E-state index in [1.54, 1.807) is 24.4 Å². The maximum Gasteiger partial charge on any atom is 0.197 e. The van der Waals surface area contributed by atoms with Gasteiger partial charge >= 0.3 is 0 Å². The molecule has 1 aromatic heterocycles. The number of aromatic nitrogens is 1. The molecule has 0 aliphatic heterocycles. The highest BCUT2D eigenvalue weighted by molar-refractivity contribution is 7.06. The third kappa shape index (κ3) is 2.18. The number of nitrogens with zero attached hydrogens (tertiary/aromatic N) is 1. The van der Waals surface area contributed by atoms with Gasteiger partial charge in [-0.25, -0.2) is 4.37 Å². The van der Waals surface area contributed by atoms with Gasteiger partial charge in [-0.15, -0.1) is 0 Å². The lowest BCUT2D eigenvalue weighted by Crippen LogP contribution is -2.03. The Hall–Kier alpha value is -0.900. The molecule has 0 N–H and O–H groups in total. The van der Waals surface area contributed by atoms with Gasteiger partial charge in [0.25, 0.3) is 0 Å². The van der Waals surface area contributed by atoms with Crippen LogP contribution in [0.15, 0.2) is 24.4 Å². The molecular formula is C13H9Cl2NOS. The highest BCUT2D eigenvalue weighted by Gasteiger charge is 2.30. The van der Waals surface area contributed by atoms with E-state index in [9.17, 15) is 4.79 Å². The molecule has 0 amide bonds. The Morgan fingerprint density at radius 2 is 2.06 bits per heavy atom. The van der Waals surface area contributed by atoms with Crippen molar-refractivity contribution in [3.8, 4) is 0 Å². The van der Waals surface area contributed by atoms with Crippen molar-refractivity contribution in [2.75, 3.05) is 0 Å². The van der Waals surface area contributed by atoms with Crippen molar-refractivity contribution in [2.24, 2.45) is 0 Å². The van der Waals surface area contributed by atoms with Gasteiger partial charge in [0.1, 0.15) is 0 Å². The van der Waals surface area contributed by atoms with Gasteiger partial charge in [0.05, 0.1) is 16.8 Å². The van der Waals surface area contributed by atoms with Crippen molar-refractivity contribution < 1.29 is 4.79 Å². The van der Waals surface area contributed by atoms with E-state index in [-0.39, 0.29) is 5.78 Å². The minimum Gasteiger partial charge on any atom is -0.288 e. The van der Waals surface area contributed by atoms with Crippen LogP contribution in [0.1, 0.15) is 39.6 Å². The van der Waals surface area contributed by atoms with Gasteiger partial charge < -0.3 is 0 Å². The number of carbonyl (C=O) groups is 1. The van der Waals surface area contributed by atoms with Crippen LogP contribution in [0.3, 0.4) is 0 Å². The molecule has 0 saturated heterocycles. The van der Waals surface area contributed by atoms with Gasteiger partial charge in [0.15, 0.2) is 5.78 Å². The predicted molar refractivity (Wildman–Crippen MR) is 74.0 cm³/mol. The molecule has 1 fully saturated rings. The Kier molecular flexibility index (Phi) is 3.14. The summed E-state index contributed by atoms with van der Waals surface area (Å²) in [6, 6.07) is 4.94. The van der Waals surface area contributed by atoms with Crippen LogP contribution < -0.4 is 0 Å². The molecule has 5 heteroatoms. The van der Waals surface area contributed by atoms with Crippen molar-refractivity contribution in [1.29, 1.82) is 0 Å². The van der Waals surface area contributed by atoms with E-state index in [0.717, 1.165) is 17.7 Å². The summed E-state index contributed by atoms with van der Waals surface area (Å²) in [6.45, 7) is 0. The van der Waals surface area contributed by atoms with Gasteiger partial charge in [-0.2, -0.15) is 0 Å². The van der Waals surface area contributed by atoms with Crippen LogP contribution in [-0.4, -0.2) is 10.2 Å². The Labute approximate surface area is 119 Å². The number of hydrogen-bond donors (Lipinski definition) is 0. The minimum atomic E-state index is -0.0627. The lowest BCUT2D eigenvalue weighted by molar-refractivity contribution is 0.103. The van der Waals surface area contributed by atoms with Crippen molar-refractivity contribution >= 4 is 40.5 Å². The van der Waals surface area contributed by atoms with Crippen molar-refractivity contribution in [3.63, 3.8) is 0 Å². The quantitative estimate of drug-likeness (QED) is 0.778. The average Bonchev–Trinajstić information content (AvgIpc) is 3.06. The molecule has 1 aliphatic rings. The largest absolute Gasteiger partial charge is 0.288 e. The van der Waals surface area contributed by atoms with Crippen LogP contribution in [0.5, 0.6) is 0 Å². The zero-order valence-corrected chi connectivity index (χ0v) is 11.6. The fraction of sp³-hybridized carbons (Fsp3) is 0.231. The zero-order valence-electron chi connectivity index (χ0n) is 9.32. The van der Waals surface area contributed by atoms with Crippen LogP contribution in [0.2, 0.25) is 10.0 Å². The first-order valence-electron chi connectivity index (χ1n) is 5.61. The Morgan fingerprint density at radius 3 is 2.72 bits per heavy atom. The van der Waals surface area contributed by atoms with Gasteiger partial charge in [-0.1, -0.05) is 23.2 Å². The Balaban J connectivity index is 2.00. The molecule has 0 radical (unpaired) electrons. The molecule has 18 heavy (non-hydrogen) atoms. The molecule has 1 heterocycles. The summed E-state index contributed by atoms with van der Waals surface area (Å²) < 4.78 is 4.13. The van der Waals surface area contributed by atoms with Gasteiger partial charge in [-0.3, -0.25) is 4.79 Å². The fourth-order valence-electron chi connectivity index (χ4n) is 1.88. The average molecular weight is 298 g/mol. The third-order valence-electron chi connectivity index (χ3n) is 2.97. The molecule has 0 atom stereocenters. The number of carbonyl (C=O) groups excluding carboxylic acids is 1. The second-order valence-electron chi connectivity index (χ2n) is 4.33. The molecule has 92 valence electrons. The molecule has 0 spiro atoms. The maximum absolute atomic E-state index is 12.4. The maximum atomic E-state index is 12.4. The summed E-state index contributed by atoms with van der Waals surface area (Å²) in [4.78, 5) is 13.5. The SMILES string of the molecule is O=C(c1ccc(Cl)cc1Cl)c1cnsc1C1CC1. The Bertz CT molecular complexity index is 619. The monoisotopic (exact) mass is 297 g/mol. The summed E-state index contributed by atoms with van der Waals surface area (Å²) in [6.07, 6.45) is 3.94. The minimum absolute atomic E-state index is 0.0627. The second kappa shape index (κ2) is 4.65. The molecule has 0 unspecified atom stereocenters. The fourth-order valence-corrected chi connectivity index (χ4v) is 3.27. The molecule has 1 aromatic carbocycles. The third-order valence-corrected chi connectivity index (χ3v) is 4.48. The molecule has 2 aromatic rings. The second-order valence-corrected chi connectivity index (χ2v) is 6.01. The van der Waals surface area contributed by atoms with Crippen molar-refractivity contribution in [2.45, 2.75) is 18.8 Å². The lowest BCUT2D eigenvalue weighted by atomic mass is 10.0. The Morgan fingerprint density at radius 1 is 1.28 bits per heavy atom. The summed E-state index contributed by atoms with van der Waals surface area (Å²) in [7, 11) is 0. The molecule has 0 bridgehead atoms. The van der Waals surface area contributed by atoms with Crippen LogP contribution in [-0.2, 0) is 0 Å². The van der Waals surface area contributed by atoms with E-state index in [1.165, 1.54) is 11.5 Å². The van der Waals surface area contributed by atoms with E-state index >= 15 is 0 Å². The number of hydrogen-bond acceptors (Lipinski definition) is 3. The topological polar surface area (TPSA) is 30.0 Å². The lowest BCUT2D eigenvalue weighted by Gasteiger charge is -2.04. The smallest absolute Gasteiger partial charge is 0.197 e. The first-order chi connectivity index (χ1) is 8.66. The zero-order chi connectivity index (χ0) is 12.7. The van der Waals surface area contributed by atoms with Gasteiger partial charge in [0.2, 0.25) is 0 Å². The number of ketones is 1. The van der Waals surface area contributed by atoms with Gasteiger partial charge in [-0.05, 0) is 48.5 Å². The van der Waals surface area contributed by atoms with E-state index in [4.69, 9.17) is 23.2 Å². The first-order valence-corrected chi connectivity index (χ1v) is 7.14. The van der Waals surface area contributed by atoms with E-state index in [0.29, 0.717) is 27.1 Å². The first kappa shape index (κ1) is 12.2. The van der Waals surface area contributed by atoms with Crippen molar-refractivity contribution in [3.05, 3.63) is 50.4 Å². The van der Waals surface area contributed by atoms with Crippen LogP contribution in [0, 0.1) is 0 Å². The molecule has 3 rings (SSSR count). The highest BCUT2D eigenvalue weighted by Crippen LogP contribution is 2.44. The molecule has 1 aliphatic carbocycles. The number of rotatable bonds is 3. The summed E-state index contributed by atoms with van der Waals surface area (Å²) in [5, 5.41) is 0.919. The molecule has 2 nitrogen and oxygen atoms in total. The number of halogens is 2. The van der Waals surface area contributed by atoms with Crippen LogP contribution in [0.25, 0.3) is 0 Å². The van der Waals surface area contributed by atoms with E-state index in [1.807, 2.05) is 0 Å². The van der Waals surface area contributed by atoms with E-state index < -0.39 is 0 Å². The molecule has 1 saturated carbocycles. The summed E-state index contributed by atoms with van der Waals surface area (Å²) in [5.41, 5.74) is 1.18. The standard InChI is InChI=1S/C13H9Cl2NOS/c14-8-3-4-9(11(15)5-8)12(17)10-6-16-18-13(10)7-1-2-7/h3-7H,1-2H2. The predicted octanol–water partition coefficient (Wildman–Crippen LogP) is 4.56. The van der Waals surface area contributed by atoms with E-state index in [2.05, 4.69) is 4.37 Å². The van der Waals surface area contributed by atoms with Crippen LogP contribution >= 0.6 is 34.7 Å². The highest BCUT2D eigenvalue weighted by atomic mass is 35.5. The van der Waals surface area contributed by atoms with Crippen molar-refractivity contribution in [1.82, 2.24) is 4.37 Å². The summed E-state index contributed by atoms with van der Waals surface area (Å²) >= 11 is 13.3. The molecular weight excluding hydrogens is 289 g/mol. The summed E-state index contributed by atoms with van der Waals surface area (Å²) in [5.74, 6) is 0.454. The normalized spacial score (nSPS) is 14.8. The van der Waals surface area contributed by atoms with Crippen LogP contribution in [0.4, 0.5) is 0 Å². The number of benzene rings is 1. The van der Waals surface area contributed by atoms with Gasteiger partial charge in [0, 0.05) is 15.5 Å².